The van der Waals surface area contributed by atoms with Gasteiger partial charge in [-0.25, -0.2) is 0 Å². The van der Waals surface area contributed by atoms with Gasteiger partial charge in [0.1, 0.15) is 0 Å². The van der Waals surface area contributed by atoms with Crippen LogP contribution in [0.25, 0.3) is 0 Å². The molecule has 0 radical (unpaired) electrons. The van der Waals surface area contributed by atoms with Crippen molar-refractivity contribution in [1.29, 1.82) is 0 Å². The number of rotatable bonds is 4. The first-order valence-corrected chi connectivity index (χ1v) is 5.79. The van der Waals surface area contributed by atoms with Crippen LogP contribution in [-0.2, 0) is 4.79 Å². The minimum atomic E-state index is -0.443. The van der Waals surface area contributed by atoms with Gasteiger partial charge in [0.05, 0.1) is 6.61 Å². The topological polar surface area (TPSA) is 75.4 Å². The van der Waals surface area contributed by atoms with Crippen LogP contribution in [-0.4, -0.2) is 29.7 Å². The van der Waals surface area contributed by atoms with Gasteiger partial charge in [0.25, 0.3) is 0 Å². The van der Waals surface area contributed by atoms with Gasteiger partial charge in [-0.05, 0) is 32.1 Å². The van der Waals surface area contributed by atoms with E-state index in [1.165, 1.54) is 0 Å². The second-order valence-electron chi connectivity index (χ2n) is 4.59. The van der Waals surface area contributed by atoms with Crippen molar-refractivity contribution < 1.29 is 9.90 Å². The normalized spacial score (nSPS) is 31.3. The number of hydrogen-bond donors (Lipinski definition) is 3. The summed E-state index contributed by atoms with van der Waals surface area (Å²) in [7, 11) is 0. The van der Waals surface area contributed by atoms with Crippen molar-refractivity contribution in [1.82, 2.24) is 5.32 Å². The Bertz CT molecular complexity index is 211. The fourth-order valence-corrected chi connectivity index (χ4v) is 2.01. The fraction of sp³-hybridized carbons (Fsp3) is 0.909. The zero-order valence-corrected chi connectivity index (χ0v) is 9.46. The minimum absolute atomic E-state index is 0.0241. The summed E-state index contributed by atoms with van der Waals surface area (Å²) in [5.41, 5.74) is 5.50. The highest BCUT2D eigenvalue weighted by Crippen LogP contribution is 2.30. The van der Waals surface area contributed by atoms with E-state index >= 15 is 0 Å². The molecule has 1 amide bonds. The Labute approximate surface area is 91.2 Å². The van der Waals surface area contributed by atoms with Crippen molar-refractivity contribution in [3.63, 3.8) is 0 Å². The average molecular weight is 214 g/mol. The van der Waals surface area contributed by atoms with Gasteiger partial charge in [-0.1, -0.05) is 6.92 Å². The van der Waals surface area contributed by atoms with E-state index in [0.717, 1.165) is 38.6 Å². The Morgan fingerprint density at radius 2 is 2.13 bits per heavy atom. The number of amides is 1. The highest BCUT2D eigenvalue weighted by Gasteiger charge is 2.33. The van der Waals surface area contributed by atoms with Gasteiger partial charge < -0.3 is 16.2 Å². The van der Waals surface area contributed by atoms with E-state index in [1.807, 2.05) is 6.92 Å². The summed E-state index contributed by atoms with van der Waals surface area (Å²) in [4.78, 5) is 11.6. The standard InChI is InChI=1S/C11H22N2O2/c1-2-7-13-10(15)9-3-5-11(12,8-14)6-4-9/h9,14H,2-8,12H2,1H3,(H,13,15). The molecule has 15 heavy (non-hydrogen) atoms. The molecule has 0 aromatic carbocycles. The van der Waals surface area contributed by atoms with Gasteiger partial charge in [-0.3, -0.25) is 4.79 Å². The summed E-state index contributed by atoms with van der Waals surface area (Å²) in [6.45, 7) is 2.82. The number of carbonyl (C=O) groups excluding carboxylic acids is 1. The predicted octanol–water partition coefficient (Wildman–Crippen LogP) is 0.393. The molecule has 0 saturated heterocycles. The van der Waals surface area contributed by atoms with Crippen molar-refractivity contribution in [2.45, 2.75) is 44.6 Å². The zero-order valence-electron chi connectivity index (χ0n) is 9.46. The second-order valence-corrected chi connectivity index (χ2v) is 4.59. The molecule has 0 atom stereocenters. The first kappa shape index (κ1) is 12.5. The molecule has 0 unspecified atom stereocenters. The lowest BCUT2D eigenvalue weighted by atomic mass is 9.77. The molecule has 0 heterocycles. The van der Waals surface area contributed by atoms with Crippen LogP contribution >= 0.6 is 0 Å². The second kappa shape index (κ2) is 5.47. The maximum Gasteiger partial charge on any atom is 0.223 e. The molecule has 4 heteroatoms. The van der Waals surface area contributed by atoms with Crippen molar-refractivity contribution in [2.24, 2.45) is 11.7 Å². The van der Waals surface area contributed by atoms with Crippen molar-refractivity contribution >= 4 is 5.91 Å². The SMILES string of the molecule is CCCNC(=O)C1CCC(N)(CO)CC1. The van der Waals surface area contributed by atoms with Crippen LogP contribution in [0, 0.1) is 5.92 Å². The monoisotopic (exact) mass is 214 g/mol. The van der Waals surface area contributed by atoms with E-state index in [2.05, 4.69) is 5.32 Å². The lowest BCUT2D eigenvalue weighted by Gasteiger charge is -2.35. The molecule has 4 N–H and O–H groups in total. The number of aliphatic hydroxyl groups is 1. The highest BCUT2D eigenvalue weighted by atomic mass is 16.3. The van der Waals surface area contributed by atoms with Gasteiger partial charge >= 0.3 is 0 Å². The lowest BCUT2D eigenvalue weighted by molar-refractivity contribution is -0.126. The van der Waals surface area contributed by atoms with Crippen LogP contribution < -0.4 is 11.1 Å². The third-order valence-corrected chi connectivity index (χ3v) is 3.22. The molecule has 1 fully saturated rings. The van der Waals surface area contributed by atoms with Crippen molar-refractivity contribution in [3.05, 3.63) is 0 Å². The first-order chi connectivity index (χ1) is 7.11. The predicted molar refractivity (Wildman–Crippen MR) is 59.3 cm³/mol. The quantitative estimate of drug-likeness (QED) is 0.634. The van der Waals surface area contributed by atoms with Gasteiger partial charge in [-0.15, -0.1) is 0 Å². The van der Waals surface area contributed by atoms with E-state index < -0.39 is 5.54 Å². The van der Waals surface area contributed by atoms with Crippen LogP contribution in [0.1, 0.15) is 39.0 Å². The Kier molecular flexibility index (Phi) is 4.54. The first-order valence-electron chi connectivity index (χ1n) is 5.79. The maximum atomic E-state index is 11.6. The number of carbonyl (C=O) groups is 1. The molecule has 0 aromatic heterocycles. The van der Waals surface area contributed by atoms with E-state index in [1.54, 1.807) is 0 Å². The van der Waals surface area contributed by atoms with Gasteiger partial charge in [0.2, 0.25) is 5.91 Å². The summed E-state index contributed by atoms with van der Waals surface area (Å²) in [5, 5.41) is 12.0. The van der Waals surface area contributed by atoms with E-state index in [9.17, 15) is 4.79 Å². The maximum absolute atomic E-state index is 11.6. The van der Waals surface area contributed by atoms with E-state index in [-0.39, 0.29) is 18.4 Å². The summed E-state index contributed by atoms with van der Waals surface area (Å²) in [6.07, 6.45) is 4.05. The average Bonchev–Trinajstić information content (AvgIpc) is 2.27. The minimum Gasteiger partial charge on any atom is -0.394 e. The van der Waals surface area contributed by atoms with Gasteiger partial charge in [0, 0.05) is 18.0 Å². The van der Waals surface area contributed by atoms with Crippen LogP contribution in [0.4, 0.5) is 0 Å². The molecule has 0 spiro atoms. The smallest absolute Gasteiger partial charge is 0.223 e. The highest BCUT2D eigenvalue weighted by molar-refractivity contribution is 5.78. The molecule has 0 bridgehead atoms. The molecule has 0 aliphatic heterocycles. The molecule has 1 aliphatic carbocycles. The molecule has 88 valence electrons. The van der Waals surface area contributed by atoms with Crippen molar-refractivity contribution in [2.75, 3.05) is 13.2 Å². The number of aliphatic hydroxyl groups excluding tert-OH is 1. The van der Waals surface area contributed by atoms with Crippen LogP contribution in [0.3, 0.4) is 0 Å². The van der Waals surface area contributed by atoms with E-state index in [0.29, 0.717) is 0 Å². The lowest BCUT2D eigenvalue weighted by Crippen LogP contribution is -2.48. The van der Waals surface area contributed by atoms with Gasteiger partial charge in [0.15, 0.2) is 0 Å². The molecule has 4 nitrogen and oxygen atoms in total. The number of hydrogen-bond acceptors (Lipinski definition) is 3. The van der Waals surface area contributed by atoms with E-state index in [4.69, 9.17) is 10.8 Å². The number of nitrogens with one attached hydrogen (secondary N) is 1. The molecular weight excluding hydrogens is 192 g/mol. The largest absolute Gasteiger partial charge is 0.394 e. The van der Waals surface area contributed by atoms with Crippen LogP contribution in [0.5, 0.6) is 0 Å². The Morgan fingerprint density at radius 3 is 2.60 bits per heavy atom. The van der Waals surface area contributed by atoms with Crippen LogP contribution in [0.15, 0.2) is 0 Å². The molecular formula is C11H22N2O2. The zero-order chi connectivity index (χ0) is 11.3. The van der Waals surface area contributed by atoms with Gasteiger partial charge in [-0.2, -0.15) is 0 Å². The van der Waals surface area contributed by atoms with Crippen molar-refractivity contribution in [3.8, 4) is 0 Å². The summed E-state index contributed by atoms with van der Waals surface area (Å²) >= 11 is 0. The summed E-state index contributed by atoms with van der Waals surface area (Å²) in [6, 6.07) is 0. The third-order valence-electron chi connectivity index (χ3n) is 3.22. The molecule has 1 saturated carbocycles. The van der Waals surface area contributed by atoms with Crippen LogP contribution in [0.2, 0.25) is 0 Å². The summed E-state index contributed by atoms with van der Waals surface area (Å²) < 4.78 is 0. The Hall–Kier alpha value is -0.610. The Morgan fingerprint density at radius 1 is 1.53 bits per heavy atom. The molecule has 0 aromatic rings. The third kappa shape index (κ3) is 3.47. The Balaban J connectivity index is 2.33. The fourth-order valence-electron chi connectivity index (χ4n) is 2.01. The molecule has 1 aliphatic rings. The number of nitrogens with two attached hydrogens (primary N) is 1. The molecule has 1 rings (SSSR count). The summed E-state index contributed by atoms with van der Waals surface area (Å²) in [5.74, 6) is 0.247.